The molecule has 120 valence electrons. The molecule has 1 aliphatic rings. The molecule has 2 aromatic carbocycles. The van der Waals surface area contributed by atoms with Crippen molar-refractivity contribution in [1.29, 1.82) is 0 Å². The largest absolute Gasteiger partial charge is 0.454 e. The normalized spacial score (nSPS) is 12.1. The molecule has 0 aromatic heterocycles. The zero-order valence-corrected chi connectivity index (χ0v) is 14.2. The Labute approximate surface area is 148 Å². The predicted molar refractivity (Wildman–Crippen MR) is 96.5 cm³/mol. The van der Waals surface area contributed by atoms with Gasteiger partial charge in [0.1, 0.15) is 0 Å². The Kier molecular flexibility index (Phi) is 4.66. The van der Waals surface area contributed by atoms with Crippen molar-refractivity contribution in [1.82, 2.24) is 5.32 Å². The number of nitrogens with one attached hydrogen (secondary N) is 2. The van der Waals surface area contributed by atoms with Crippen LogP contribution in [0.15, 0.2) is 30.3 Å². The lowest BCUT2D eigenvalue weighted by Gasteiger charge is -2.12. The molecule has 0 unspecified atom stereocenters. The summed E-state index contributed by atoms with van der Waals surface area (Å²) in [4.78, 5) is 0. The molecule has 0 fully saturated rings. The summed E-state index contributed by atoms with van der Waals surface area (Å²) in [5, 5.41) is 7.30. The van der Waals surface area contributed by atoms with E-state index in [9.17, 15) is 0 Å². The maximum atomic E-state index is 5.99. The smallest absolute Gasteiger partial charge is 0.231 e. The minimum absolute atomic E-state index is 0.255. The van der Waals surface area contributed by atoms with Crippen LogP contribution in [0.3, 0.4) is 0 Å². The molecule has 0 saturated carbocycles. The number of anilines is 2. The summed E-state index contributed by atoms with van der Waals surface area (Å²) in [6.07, 6.45) is 0. The number of halogens is 2. The molecule has 8 heteroatoms. The molecule has 1 heterocycles. The van der Waals surface area contributed by atoms with Gasteiger partial charge in [-0.15, -0.1) is 0 Å². The van der Waals surface area contributed by atoms with Gasteiger partial charge in [-0.3, -0.25) is 0 Å². The maximum absolute atomic E-state index is 5.99. The van der Waals surface area contributed by atoms with Crippen LogP contribution in [0.1, 0.15) is 5.56 Å². The van der Waals surface area contributed by atoms with E-state index >= 15 is 0 Å². The molecule has 0 spiro atoms. The second-order valence-corrected chi connectivity index (χ2v) is 6.07. The number of nitrogens with two attached hydrogens (primary N) is 1. The molecule has 0 radical (unpaired) electrons. The average molecular weight is 370 g/mol. The van der Waals surface area contributed by atoms with E-state index in [1.165, 1.54) is 0 Å². The van der Waals surface area contributed by atoms with Crippen molar-refractivity contribution in [3.8, 4) is 11.5 Å². The molecule has 2 aromatic rings. The van der Waals surface area contributed by atoms with Gasteiger partial charge in [-0.1, -0.05) is 29.3 Å². The highest BCUT2D eigenvalue weighted by molar-refractivity contribution is 7.80. The van der Waals surface area contributed by atoms with Crippen LogP contribution in [-0.4, -0.2) is 11.9 Å². The minimum Gasteiger partial charge on any atom is -0.454 e. The number of hydrogen-bond acceptors (Lipinski definition) is 4. The summed E-state index contributed by atoms with van der Waals surface area (Å²) in [5.74, 6) is 1.49. The van der Waals surface area contributed by atoms with Gasteiger partial charge in [0.05, 0.1) is 15.7 Å². The number of benzene rings is 2. The van der Waals surface area contributed by atoms with Gasteiger partial charge in [-0.05, 0) is 42.0 Å². The summed E-state index contributed by atoms with van der Waals surface area (Å²) in [7, 11) is 0. The lowest BCUT2D eigenvalue weighted by Crippen LogP contribution is -2.27. The highest BCUT2D eigenvalue weighted by atomic mass is 35.5. The van der Waals surface area contributed by atoms with Gasteiger partial charge < -0.3 is 25.8 Å². The number of thiocarbonyl (C=S) groups is 1. The Balaban J connectivity index is 1.59. The highest BCUT2D eigenvalue weighted by Crippen LogP contribution is 2.33. The second kappa shape index (κ2) is 6.70. The Hall–Kier alpha value is -1.89. The third-order valence-electron chi connectivity index (χ3n) is 3.23. The Bertz CT molecular complexity index is 747. The van der Waals surface area contributed by atoms with Gasteiger partial charge >= 0.3 is 0 Å². The third kappa shape index (κ3) is 3.72. The fraction of sp³-hybridized carbons (Fsp3) is 0.133. The van der Waals surface area contributed by atoms with Crippen molar-refractivity contribution in [3.05, 3.63) is 45.9 Å². The van der Waals surface area contributed by atoms with Gasteiger partial charge in [0.25, 0.3) is 0 Å². The monoisotopic (exact) mass is 369 g/mol. The van der Waals surface area contributed by atoms with Crippen molar-refractivity contribution in [2.45, 2.75) is 6.54 Å². The van der Waals surface area contributed by atoms with Crippen LogP contribution >= 0.6 is 35.4 Å². The van der Waals surface area contributed by atoms with Gasteiger partial charge in [-0.25, -0.2) is 0 Å². The fourth-order valence-electron chi connectivity index (χ4n) is 2.07. The summed E-state index contributed by atoms with van der Waals surface area (Å²) in [6, 6.07) is 9.05. The summed E-state index contributed by atoms with van der Waals surface area (Å²) in [5.41, 5.74) is 7.73. The minimum atomic E-state index is 0.255. The maximum Gasteiger partial charge on any atom is 0.231 e. The van der Waals surface area contributed by atoms with E-state index in [1.807, 2.05) is 18.2 Å². The topological polar surface area (TPSA) is 68.5 Å². The molecule has 4 N–H and O–H groups in total. The number of nitrogen functional groups attached to an aromatic ring is 1. The van der Waals surface area contributed by atoms with Gasteiger partial charge in [0.15, 0.2) is 16.6 Å². The summed E-state index contributed by atoms with van der Waals surface area (Å²) >= 11 is 17.2. The van der Waals surface area contributed by atoms with Gasteiger partial charge in [0.2, 0.25) is 6.79 Å². The van der Waals surface area contributed by atoms with Crippen LogP contribution in [0.5, 0.6) is 11.5 Å². The SMILES string of the molecule is Nc1c(Cl)cc(NC(=S)NCc2ccc3c(c2)OCO3)cc1Cl. The standard InChI is InChI=1S/C15H13Cl2N3O2S/c16-10-4-9(5-11(17)14(10)18)20-15(23)19-6-8-1-2-12-13(3-8)22-7-21-12/h1-5H,6-7,18H2,(H2,19,20,23). The molecule has 23 heavy (non-hydrogen) atoms. The molecule has 0 bridgehead atoms. The third-order valence-corrected chi connectivity index (χ3v) is 4.10. The molecule has 1 aliphatic heterocycles. The van der Waals surface area contributed by atoms with Crippen LogP contribution in [0.25, 0.3) is 0 Å². The molecule has 0 saturated heterocycles. The van der Waals surface area contributed by atoms with E-state index in [0.29, 0.717) is 33.1 Å². The van der Waals surface area contributed by atoms with Crippen LogP contribution in [-0.2, 0) is 6.54 Å². The van der Waals surface area contributed by atoms with Gasteiger partial charge in [-0.2, -0.15) is 0 Å². The quantitative estimate of drug-likeness (QED) is 0.564. The first-order chi connectivity index (χ1) is 11.0. The zero-order valence-electron chi connectivity index (χ0n) is 11.9. The highest BCUT2D eigenvalue weighted by Gasteiger charge is 2.13. The first-order valence-corrected chi connectivity index (χ1v) is 7.87. The zero-order chi connectivity index (χ0) is 16.4. The molecular formula is C15H13Cl2N3O2S. The lowest BCUT2D eigenvalue weighted by molar-refractivity contribution is 0.174. The van der Waals surface area contributed by atoms with Crippen molar-refractivity contribution in [2.75, 3.05) is 17.8 Å². The first-order valence-electron chi connectivity index (χ1n) is 6.71. The lowest BCUT2D eigenvalue weighted by atomic mass is 10.2. The van der Waals surface area contributed by atoms with Crippen molar-refractivity contribution >= 4 is 51.9 Å². The fourth-order valence-corrected chi connectivity index (χ4v) is 2.74. The van der Waals surface area contributed by atoms with E-state index in [0.717, 1.165) is 17.1 Å². The van der Waals surface area contributed by atoms with E-state index in [4.69, 9.17) is 50.6 Å². The predicted octanol–water partition coefficient (Wildman–Crippen LogP) is 3.79. The van der Waals surface area contributed by atoms with Crippen molar-refractivity contribution in [3.63, 3.8) is 0 Å². The van der Waals surface area contributed by atoms with E-state index in [-0.39, 0.29) is 6.79 Å². The first kappa shape index (κ1) is 16.0. The average Bonchev–Trinajstić information content (AvgIpc) is 2.98. The molecule has 5 nitrogen and oxygen atoms in total. The molecule has 3 rings (SSSR count). The summed E-state index contributed by atoms with van der Waals surface area (Å²) < 4.78 is 10.6. The van der Waals surface area contributed by atoms with Crippen molar-refractivity contribution < 1.29 is 9.47 Å². The van der Waals surface area contributed by atoms with Crippen LogP contribution < -0.4 is 25.8 Å². The number of fused-ring (bicyclic) bond motifs is 1. The van der Waals surface area contributed by atoms with E-state index in [1.54, 1.807) is 12.1 Å². The Morgan fingerprint density at radius 2 is 1.83 bits per heavy atom. The summed E-state index contributed by atoms with van der Waals surface area (Å²) in [6.45, 7) is 0.795. The van der Waals surface area contributed by atoms with Gasteiger partial charge in [0, 0.05) is 12.2 Å². The number of rotatable bonds is 3. The molecule has 0 amide bonds. The number of hydrogen-bond donors (Lipinski definition) is 3. The Morgan fingerprint density at radius 3 is 2.57 bits per heavy atom. The molecule has 0 atom stereocenters. The van der Waals surface area contributed by atoms with Crippen LogP contribution in [0.4, 0.5) is 11.4 Å². The van der Waals surface area contributed by atoms with Crippen LogP contribution in [0, 0.1) is 0 Å². The van der Waals surface area contributed by atoms with Crippen LogP contribution in [0.2, 0.25) is 10.0 Å². The molecule has 0 aliphatic carbocycles. The molecular weight excluding hydrogens is 357 g/mol. The van der Waals surface area contributed by atoms with Crippen molar-refractivity contribution in [2.24, 2.45) is 0 Å². The van der Waals surface area contributed by atoms with E-state index < -0.39 is 0 Å². The Morgan fingerprint density at radius 1 is 1.13 bits per heavy atom. The second-order valence-electron chi connectivity index (χ2n) is 4.85. The number of ether oxygens (including phenoxy) is 2. The van der Waals surface area contributed by atoms with E-state index in [2.05, 4.69) is 10.6 Å².